The van der Waals surface area contributed by atoms with Crippen molar-refractivity contribution in [3.8, 4) is 0 Å². The number of hydrogen-bond donors (Lipinski definition) is 0. The Morgan fingerprint density at radius 1 is 1.24 bits per heavy atom. The summed E-state index contributed by atoms with van der Waals surface area (Å²) in [5, 5.41) is 7.75. The summed E-state index contributed by atoms with van der Waals surface area (Å²) in [6, 6.07) is 6.43. The Labute approximate surface area is 144 Å². The van der Waals surface area contributed by atoms with Crippen LogP contribution in [0.2, 0.25) is 0 Å². The minimum atomic E-state index is -3.46. The third-order valence-electron chi connectivity index (χ3n) is 5.03. The molecule has 0 saturated heterocycles. The van der Waals surface area contributed by atoms with E-state index in [4.69, 9.17) is 0 Å². The minimum Gasteiger partial charge on any atom is -0.239 e. The molecule has 3 aromatic rings. The molecule has 0 spiro atoms. The Morgan fingerprint density at radius 2 is 2.12 bits per heavy atom. The molecule has 2 aliphatic rings. The molecule has 0 amide bonds. The summed E-state index contributed by atoms with van der Waals surface area (Å²) in [5.74, 6) is 0. The zero-order valence-corrected chi connectivity index (χ0v) is 14.5. The van der Waals surface area contributed by atoms with E-state index in [0.717, 1.165) is 30.9 Å². The summed E-state index contributed by atoms with van der Waals surface area (Å²) in [7, 11) is -3.46. The predicted molar refractivity (Wildman–Crippen MR) is 94.0 cm³/mol. The maximum absolute atomic E-state index is 11.8. The molecule has 1 aromatic carbocycles. The summed E-state index contributed by atoms with van der Waals surface area (Å²) < 4.78 is 25.5. The van der Waals surface area contributed by atoms with Crippen LogP contribution >= 0.6 is 0 Å². The molecule has 2 aliphatic carbocycles. The Morgan fingerprint density at radius 3 is 2.96 bits per heavy atom. The first-order chi connectivity index (χ1) is 12.0. The van der Waals surface area contributed by atoms with Gasteiger partial charge in [-0.2, -0.15) is 10.1 Å². The second-order valence-corrected chi connectivity index (χ2v) is 8.58. The molecule has 0 aliphatic heterocycles. The normalized spacial score (nSPS) is 19.1. The fraction of sp³-hybridized carbons (Fsp3) is 0.278. The van der Waals surface area contributed by atoms with Gasteiger partial charge in [0, 0.05) is 12.5 Å². The van der Waals surface area contributed by atoms with E-state index in [-0.39, 0.29) is 11.2 Å². The van der Waals surface area contributed by atoms with Crippen molar-refractivity contribution in [1.82, 2.24) is 19.7 Å². The molecule has 6 nitrogen and oxygen atoms in total. The highest BCUT2D eigenvalue weighted by Gasteiger charge is 2.28. The van der Waals surface area contributed by atoms with Crippen LogP contribution in [0.1, 0.15) is 30.9 Å². The van der Waals surface area contributed by atoms with Gasteiger partial charge >= 0.3 is 0 Å². The Bertz CT molecular complexity index is 1260. The van der Waals surface area contributed by atoms with Gasteiger partial charge in [0.2, 0.25) is 15.0 Å². The number of sulfone groups is 1. The molecule has 0 saturated carbocycles. The molecule has 5 rings (SSSR count). The monoisotopic (exact) mass is 352 g/mol. The second kappa shape index (κ2) is 4.98. The molecule has 7 heteroatoms. The lowest BCUT2D eigenvalue weighted by Crippen LogP contribution is -2.30. The van der Waals surface area contributed by atoms with Crippen LogP contribution in [0.15, 0.2) is 35.7 Å². The molecular weight excluding hydrogens is 336 g/mol. The van der Waals surface area contributed by atoms with E-state index in [0.29, 0.717) is 5.65 Å². The third kappa shape index (κ3) is 2.15. The number of hydrogen-bond acceptors (Lipinski definition) is 5. The van der Waals surface area contributed by atoms with Gasteiger partial charge in [0.1, 0.15) is 0 Å². The molecule has 1 atom stereocenters. The van der Waals surface area contributed by atoms with Gasteiger partial charge in [0.05, 0.1) is 17.6 Å². The standard InChI is InChI=1S/C18H16N4O2S/c1-25(23,24)18-19-9-13-10-20-22(17(13)21-18)15-8-12-6-2-4-11-5-3-7-14(15)16(11)12/h3-5,7,9-10,15H,2,6,8H2,1H3. The molecule has 25 heavy (non-hydrogen) atoms. The largest absolute Gasteiger partial charge is 0.248 e. The zero-order valence-electron chi connectivity index (χ0n) is 13.7. The number of fused-ring (bicyclic) bond motifs is 1. The molecule has 2 heterocycles. The maximum Gasteiger partial charge on any atom is 0.248 e. The van der Waals surface area contributed by atoms with Gasteiger partial charge in [-0.15, -0.1) is 0 Å². The fourth-order valence-corrected chi connectivity index (χ4v) is 4.46. The van der Waals surface area contributed by atoms with E-state index in [1.807, 2.05) is 4.68 Å². The summed E-state index contributed by atoms with van der Waals surface area (Å²) >= 11 is 0. The SMILES string of the molecule is CS(=O)(=O)c1ncc2cnn(C3CC4=c5c3cccc5=CCC4)c2n1. The van der Waals surface area contributed by atoms with Crippen molar-refractivity contribution in [3.63, 3.8) is 0 Å². The highest BCUT2D eigenvalue weighted by molar-refractivity contribution is 7.90. The summed E-state index contributed by atoms with van der Waals surface area (Å²) in [5.41, 5.74) is 3.27. The van der Waals surface area contributed by atoms with Crippen molar-refractivity contribution in [2.24, 2.45) is 0 Å². The fourth-order valence-electron chi connectivity index (χ4n) is 3.96. The van der Waals surface area contributed by atoms with Gasteiger partial charge in [-0.25, -0.2) is 18.1 Å². The molecular formula is C18H16N4O2S. The summed E-state index contributed by atoms with van der Waals surface area (Å²) in [4.78, 5) is 8.25. The average molecular weight is 352 g/mol. The van der Waals surface area contributed by atoms with Crippen LogP contribution < -0.4 is 10.4 Å². The lowest BCUT2D eigenvalue weighted by molar-refractivity contribution is 0.550. The smallest absolute Gasteiger partial charge is 0.239 e. The number of aromatic nitrogens is 4. The van der Waals surface area contributed by atoms with E-state index in [1.165, 1.54) is 27.8 Å². The molecule has 0 fully saturated rings. The number of rotatable bonds is 2. The van der Waals surface area contributed by atoms with E-state index >= 15 is 0 Å². The van der Waals surface area contributed by atoms with Crippen LogP contribution in [-0.2, 0) is 9.84 Å². The van der Waals surface area contributed by atoms with Crippen molar-refractivity contribution in [2.45, 2.75) is 30.5 Å². The van der Waals surface area contributed by atoms with Crippen molar-refractivity contribution >= 4 is 32.5 Å². The predicted octanol–water partition coefficient (Wildman–Crippen LogP) is 0.948. The molecule has 0 N–H and O–H groups in total. The van der Waals surface area contributed by atoms with Gasteiger partial charge in [-0.3, -0.25) is 0 Å². The maximum atomic E-state index is 11.8. The first-order valence-corrected chi connectivity index (χ1v) is 10.1. The van der Waals surface area contributed by atoms with Crippen LogP contribution in [0.5, 0.6) is 0 Å². The van der Waals surface area contributed by atoms with E-state index in [9.17, 15) is 8.42 Å². The lowest BCUT2D eigenvalue weighted by atomic mass is 10.0. The van der Waals surface area contributed by atoms with Gasteiger partial charge in [-0.05, 0) is 35.3 Å². The quantitative estimate of drug-likeness (QED) is 0.642. The van der Waals surface area contributed by atoms with Gasteiger partial charge in [-0.1, -0.05) is 29.8 Å². The molecule has 0 radical (unpaired) electrons. The van der Waals surface area contributed by atoms with Crippen molar-refractivity contribution in [3.05, 3.63) is 46.6 Å². The zero-order chi connectivity index (χ0) is 17.2. The molecule has 2 aromatic heterocycles. The second-order valence-electron chi connectivity index (χ2n) is 6.67. The third-order valence-corrected chi connectivity index (χ3v) is 5.89. The molecule has 1 unspecified atom stereocenters. The number of benzene rings is 1. The number of nitrogens with zero attached hydrogens (tertiary/aromatic N) is 4. The summed E-state index contributed by atoms with van der Waals surface area (Å²) in [6.07, 6.45) is 9.68. The van der Waals surface area contributed by atoms with Gasteiger partial charge in [0.15, 0.2) is 5.65 Å². The summed E-state index contributed by atoms with van der Waals surface area (Å²) in [6.45, 7) is 0. The van der Waals surface area contributed by atoms with Crippen LogP contribution in [0.3, 0.4) is 0 Å². The first kappa shape index (κ1) is 14.8. The van der Waals surface area contributed by atoms with Crippen molar-refractivity contribution < 1.29 is 8.42 Å². The lowest BCUT2D eigenvalue weighted by Gasteiger charge is -2.14. The highest BCUT2D eigenvalue weighted by atomic mass is 32.2. The van der Waals surface area contributed by atoms with E-state index in [2.05, 4.69) is 39.3 Å². The van der Waals surface area contributed by atoms with Crippen LogP contribution in [0.4, 0.5) is 0 Å². The van der Waals surface area contributed by atoms with Crippen LogP contribution in [0.25, 0.3) is 22.7 Å². The topological polar surface area (TPSA) is 77.7 Å². The molecule has 0 bridgehead atoms. The van der Waals surface area contributed by atoms with E-state index < -0.39 is 9.84 Å². The molecule has 126 valence electrons. The van der Waals surface area contributed by atoms with Gasteiger partial charge in [0.25, 0.3) is 0 Å². The minimum absolute atomic E-state index is 0.0521. The first-order valence-electron chi connectivity index (χ1n) is 8.24. The van der Waals surface area contributed by atoms with Crippen molar-refractivity contribution in [1.29, 1.82) is 0 Å². The highest BCUT2D eigenvalue weighted by Crippen LogP contribution is 2.33. The Hall–Kier alpha value is -2.54. The van der Waals surface area contributed by atoms with Crippen molar-refractivity contribution in [2.75, 3.05) is 6.26 Å². The van der Waals surface area contributed by atoms with Crippen LogP contribution in [0, 0.1) is 0 Å². The Balaban J connectivity index is 1.73. The Kier molecular flexibility index (Phi) is 2.94. The van der Waals surface area contributed by atoms with E-state index in [1.54, 1.807) is 6.20 Å². The van der Waals surface area contributed by atoms with Gasteiger partial charge < -0.3 is 0 Å². The average Bonchev–Trinajstić information content (AvgIpc) is 3.17. The van der Waals surface area contributed by atoms with Crippen LogP contribution in [-0.4, -0.2) is 34.4 Å².